The summed E-state index contributed by atoms with van der Waals surface area (Å²) in [4.78, 5) is 11.2. The summed E-state index contributed by atoms with van der Waals surface area (Å²) in [7, 11) is 0. The highest BCUT2D eigenvalue weighted by Gasteiger charge is 2.15. The summed E-state index contributed by atoms with van der Waals surface area (Å²) in [6.45, 7) is -0.0104. The van der Waals surface area contributed by atoms with E-state index < -0.39 is 5.97 Å². The molecule has 1 unspecified atom stereocenters. The van der Waals surface area contributed by atoms with Gasteiger partial charge in [-0.2, -0.15) is 0 Å². The van der Waals surface area contributed by atoms with Crippen LogP contribution in [0, 0.1) is 5.82 Å². The molecule has 138 valence electrons. The van der Waals surface area contributed by atoms with Crippen LogP contribution in [0.1, 0.15) is 38.5 Å². The molecule has 0 aliphatic heterocycles. The summed E-state index contributed by atoms with van der Waals surface area (Å²) in [6.07, 6.45) is 1.37. The standard InChI is InChI=1S/C23H21FO3/c24-22-10-6-16(7-11-22)12-21(19-8-4-17(15-25)5-9-19)14-18-2-1-3-20(13-18)23(26)27/h1-11,13,21,25H,12,14-15H2,(H,26,27). The number of aliphatic hydroxyl groups excluding tert-OH is 1. The van der Waals surface area contributed by atoms with Crippen LogP contribution in [0.5, 0.6) is 0 Å². The summed E-state index contributed by atoms with van der Waals surface area (Å²) >= 11 is 0. The number of carbonyl (C=O) groups is 1. The van der Waals surface area contributed by atoms with Gasteiger partial charge in [-0.25, -0.2) is 9.18 Å². The Balaban J connectivity index is 1.89. The number of aliphatic hydroxyl groups is 1. The predicted octanol–water partition coefficient (Wildman–Crippen LogP) is 4.59. The SMILES string of the molecule is O=C(O)c1cccc(CC(Cc2ccc(F)cc2)c2ccc(CO)cc2)c1. The number of carboxylic acid groups (broad SMARTS) is 1. The van der Waals surface area contributed by atoms with Crippen molar-refractivity contribution < 1.29 is 19.4 Å². The van der Waals surface area contributed by atoms with Gasteiger partial charge in [-0.05, 0) is 65.3 Å². The van der Waals surface area contributed by atoms with Crippen LogP contribution in [0.2, 0.25) is 0 Å². The van der Waals surface area contributed by atoms with E-state index in [1.54, 1.807) is 30.3 Å². The number of halogens is 1. The van der Waals surface area contributed by atoms with Crippen molar-refractivity contribution in [2.24, 2.45) is 0 Å². The lowest BCUT2D eigenvalue weighted by Crippen LogP contribution is -2.08. The molecule has 1 atom stereocenters. The van der Waals surface area contributed by atoms with Crippen molar-refractivity contribution in [3.05, 3.63) is 106 Å². The van der Waals surface area contributed by atoms with Crippen LogP contribution in [0.3, 0.4) is 0 Å². The molecule has 3 nitrogen and oxygen atoms in total. The van der Waals surface area contributed by atoms with Gasteiger partial charge in [-0.3, -0.25) is 0 Å². The van der Waals surface area contributed by atoms with Crippen LogP contribution in [-0.2, 0) is 19.4 Å². The molecule has 0 saturated heterocycles. The third-order valence-corrected chi connectivity index (χ3v) is 4.69. The molecule has 0 saturated carbocycles. The van der Waals surface area contributed by atoms with E-state index in [1.807, 2.05) is 30.3 Å². The minimum Gasteiger partial charge on any atom is -0.478 e. The van der Waals surface area contributed by atoms with Crippen LogP contribution in [0.25, 0.3) is 0 Å². The zero-order chi connectivity index (χ0) is 19.2. The normalized spacial score (nSPS) is 11.9. The zero-order valence-electron chi connectivity index (χ0n) is 14.8. The van der Waals surface area contributed by atoms with E-state index in [0.717, 1.165) is 22.3 Å². The first-order valence-electron chi connectivity index (χ1n) is 8.81. The molecule has 27 heavy (non-hydrogen) atoms. The number of hydrogen-bond donors (Lipinski definition) is 2. The minimum atomic E-state index is -0.945. The van der Waals surface area contributed by atoms with E-state index in [-0.39, 0.29) is 23.9 Å². The second-order valence-electron chi connectivity index (χ2n) is 6.64. The van der Waals surface area contributed by atoms with Crippen molar-refractivity contribution in [2.75, 3.05) is 0 Å². The highest BCUT2D eigenvalue weighted by molar-refractivity contribution is 5.87. The van der Waals surface area contributed by atoms with Crippen LogP contribution in [-0.4, -0.2) is 16.2 Å². The molecule has 0 spiro atoms. The second kappa shape index (κ2) is 8.60. The molecule has 0 bridgehead atoms. The Hall–Kier alpha value is -2.98. The lowest BCUT2D eigenvalue weighted by molar-refractivity contribution is 0.0696. The van der Waals surface area contributed by atoms with E-state index in [4.69, 9.17) is 0 Å². The summed E-state index contributed by atoms with van der Waals surface area (Å²) in [5.41, 5.74) is 4.16. The van der Waals surface area contributed by atoms with Crippen molar-refractivity contribution in [1.82, 2.24) is 0 Å². The van der Waals surface area contributed by atoms with Crippen molar-refractivity contribution in [2.45, 2.75) is 25.4 Å². The summed E-state index contributed by atoms with van der Waals surface area (Å²) < 4.78 is 13.2. The number of carboxylic acids is 1. The van der Waals surface area contributed by atoms with E-state index in [9.17, 15) is 19.4 Å². The summed E-state index contributed by atoms with van der Waals surface area (Å²) in [6, 6.07) is 21.2. The minimum absolute atomic E-state index is 0.0104. The van der Waals surface area contributed by atoms with E-state index >= 15 is 0 Å². The monoisotopic (exact) mass is 364 g/mol. The zero-order valence-corrected chi connectivity index (χ0v) is 14.8. The maximum atomic E-state index is 13.2. The summed E-state index contributed by atoms with van der Waals surface area (Å²) in [5, 5.41) is 18.5. The lowest BCUT2D eigenvalue weighted by Gasteiger charge is -2.19. The third kappa shape index (κ3) is 5.02. The first kappa shape index (κ1) is 18.8. The average molecular weight is 364 g/mol. The molecule has 3 aromatic carbocycles. The van der Waals surface area contributed by atoms with Crippen molar-refractivity contribution in [3.8, 4) is 0 Å². The lowest BCUT2D eigenvalue weighted by atomic mass is 9.86. The van der Waals surface area contributed by atoms with Crippen molar-refractivity contribution in [3.63, 3.8) is 0 Å². The molecule has 3 rings (SSSR count). The maximum absolute atomic E-state index is 13.2. The van der Waals surface area contributed by atoms with E-state index in [0.29, 0.717) is 12.8 Å². The van der Waals surface area contributed by atoms with Gasteiger partial charge in [0.25, 0.3) is 0 Å². The molecule has 4 heteroatoms. The molecule has 3 aromatic rings. The molecular formula is C23H21FO3. The number of benzene rings is 3. The summed E-state index contributed by atoms with van der Waals surface area (Å²) in [5.74, 6) is -1.11. The third-order valence-electron chi connectivity index (χ3n) is 4.69. The second-order valence-corrected chi connectivity index (χ2v) is 6.64. The molecule has 0 aliphatic carbocycles. The Morgan fingerprint density at radius 3 is 2.11 bits per heavy atom. The van der Waals surface area contributed by atoms with Crippen LogP contribution in [0.15, 0.2) is 72.8 Å². The van der Waals surface area contributed by atoms with Gasteiger partial charge < -0.3 is 10.2 Å². The molecule has 0 radical (unpaired) electrons. The molecular weight excluding hydrogens is 343 g/mol. The topological polar surface area (TPSA) is 57.5 Å². The smallest absolute Gasteiger partial charge is 0.335 e. The largest absolute Gasteiger partial charge is 0.478 e. The van der Waals surface area contributed by atoms with Crippen LogP contribution >= 0.6 is 0 Å². The Bertz CT molecular complexity index is 902. The van der Waals surface area contributed by atoms with Crippen LogP contribution < -0.4 is 0 Å². The predicted molar refractivity (Wildman–Crippen MR) is 102 cm³/mol. The molecule has 0 aromatic heterocycles. The Morgan fingerprint density at radius 2 is 1.48 bits per heavy atom. The van der Waals surface area contributed by atoms with E-state index in [2.05, 4.69) is 0 Å². The highest BCUT2D eigenvalue weighted by Crippen LogP contribution is 2.26. The van der Waals surface area contributed by atoms with Gasteiger partial charge in [0.1, 0.15) is 5.82 Å². The fourth-order valence-corrected chi connectivity index (χ4v) is 3.22. The van der Waals surface area contributed by atoms with Gasteiger partial charge in [0.05, 0.1) is 12.2 Å². The first-order chi connectivity index (χ1) is 13.0. The molecule has 0 amide bonds. The van der Waals surface area contributed by atoms with Crippen molar-refractivity contribution in [1.29, 1.82) is 0 Å². The van der Waals surface area contributed by atoms with Gasteiger partial charge in [0, 0.05) is 0 Å². The number of hydrogen-bond acceptors (Lipinski definition) is 2. The van der Waals surface area contributed by atoms with Gasteiger partial charge >= 0.3 is 5.97 Å². The quantitative estimate of drug-likeness (QED) is 0.645. The van der Waals surface area contributed by atoms with Gasteiger partial charge in [0.15, 0.2) is 0 Å². The van der Waals surface area contributed by atoms with E-state index in [1.165, 1.54) is 12.1 Å². The maximum Gasteiger partial charge on any atom is 0.335 e. The molecule has 0 aliphatic rings. The number of aromatic carboxylic acids is 1. The van der Waals surface area contributed by atoms with Crippen molar-refractivity contribution >= 4 is 5.97 Å². The Morgan fingerprint density at radius 1 is 0.852 bits per heavy atom. The van der Waals surface area contributed by atoms with Gasteiger partial charge in [-0.1, -0.05) is 48.5 Å². The fraction of sp³-hybridized carbons (Fsp3) is 0.174. The number of rotatable bonds is 7. The van der Waals surface area contributed by atoms with Gasteiger partial charge in [-0.15, -0.1) is 0 Å². The Kier molecular flexibility index (Phi) is 5.99. The highest BCUT2D eigenvalue weighted by atomic mass is 19.1. The fourth-order valence-electron chi connectivity index (χ4n) is 3.22. The molecule has 0 fully saturated rings. The first-order valence-corrected chi connectivity index (χ1v) is 8.81. The van der Waals surface area contributed by atoms with Gasteiger partial charge in [0.2, 0.25) is 0 Å². The molecule has 2 N–H and O–H groups in total. The average Bonchev–Trinajstić information content (AvgIpc) is 2.69. The van der Waals surface area contributed by atoms with Crippen LogP contribution in [0.4, 0.5) is 4.39 Å². The molecule has 0 heterocycles. The Labute approximate surface area is 157 Å².